The Morgan fingerprint density at radius 2 is 2.31 bits per heavy atom. The zero-order valence-electron chi connectivity index (χ0n) is 10.6. The predicted molar refractivity (Wildman–Crippen MR) is 72.1 cm³/mol. The van der Waals surface area contributed by atoms with Crippen molar-refractivity contribution < 1.29 is 0 Å². The molecule has 4 heteroatoms. The van der Waals surface area contributed by atoms with Crippen molar-refractivity contribution >= 4 is 16.9 Å². The predicted octanol–water partition coefficient (Wildman–Crippen LogP) is 1.66. The lowest BCUT2D eigenvalue weighted by Gasteiger charge is -2.28. The minimum atomic E-state index is 0.575. The van der Waals surface area contributed by atoms with Crippen LogP contribution in [-0.4, -0.2) is 48.5 Å². The van der Waals surface area contributed by atoms with Crippen LogP contribution in [0.3, 0.4) is 0 Å². The van der Waals surface area contributed by atoms with Crippen LogP contribution in [-0.2, 0) is 0 Å². The largest absolute Gasteiger partial charge is 0.362 e. The molecule has 0 radical (unpaired) electrons. The van der Waals surface area contributed by atoms with E-state index < -0.39 is 0 Å². The van der Waals surface area contributed by atoms with E-state index in [9.17, 15) is 0 Å². The van der Waals surface area contributed by atoms with Crippen LogP contribution in [0.15, 0.2) is 4.99 Å². The lowest BCUT2D eigenvalue weighted by atomic mass is 10.1. The minimum absolute atomic E-state index is 0.575. The second-order valence-corrected chi connectivity index (χ2v) is 6.29. The molecule has 2 rings (SSSR count). The molecule has 0 aromatic heterocycles. The third kappa shape index (κ3) is 3.14. The Bertz CT molecular complexity index is 267. The molecule has 3 unspecified atom stereocenters. The molecule has 0 aromatic rings. The minimum Gasteiger partial charge on any atom is -0.362 e. The van der Waals surface area contributed by atoms with Crippen molar-refractivity contribution in [3.8, 4) is 0 Å². The van der Waals surface area contributed by atoms with Gasteiger partial charge in [0.25, 0.3) is 0 Å². The van der Waals surface area contributed by atoms with Crippen LogP contribution in [0, 0.1) is 11.8 Å². The summed E-state index contributed by atoms with van der Waals surface area (Å²) in [6, 6.07) is 0.575. The molecule has 0 amide bonds. The highest BCUT2D eigenvalue weighted by Crippen LogP contribution is 2.20. The molecule has 1 N–H and O–H groups in total. The number of nitrogens with zero attached hydrogens (tertiary/aromatic N) is 2. The summed E-state index contributed by atoms with van der Waals surface area (Å²) in [6.07, 6.45) is 1.31. The Morgan fingerprint density at radius 3 is 2.94 bits per heavy atom. The summed E-state index contributed by atoms with van der Waals surface area (Å²) in [5.41, 5.74) is 0. The molecule has 2 aliphatic heterocycles. The maximum atomic E-state index is 4.73. The van der Waals surface area contributed by atoms with E-state index in [0.717, 1.165) is 18.4 Å². The lowest BCUT2D eigenvalue weighted by Crippen LogP contribution is -2.41. The van der Waals surface area contributed by atoms with E-state index in [-0.39, 0.29) is 0 Å². The molecule has 16 heavy (non-hydrogen) atoms. The summed E-state index contributed by atoms with van der Waals surface area (Å²) in [6.45, 7) is 8.01. The fraction of sp³-hybridized carbons (Fsp3) is 0.917. The fourth-order valence-electron chi connectivity index (χ4n) is 2.21. The molecule has 3 atom stereocenters. The summed E-state index contributed by atoms with van der Waals surface area (Å²) >= 11 is 1.88. The second kappa shape index (κ2) is 5.41. The normalized spacial score (nSPS) is 38.9. The van der Waals surface area contributed by atoms with Gasteiger partial charge in [0.2, 0.25) is 0 Å². The van der Waals surface area contributed by atoms with Gasteiger partial charge in [-0.1, -0.05) is 18.7 Å². The Labute approximate surface area is 103 Å². The fourth-order valence-corrected chi connectivity index (χ4v) is 3.36. The smallest absolute Gasteiger partial charge is 0.156 e. The highest BCUT2D eigenvalue weighted by molar-refractivity contribution is 8.13. The second-order valence-electron chi connectivity index (χ2n) is 5.28. The molecular formula is C12H23N3S. The van der Waals surface area contributed by atoms with Crippen molar-refractivity contribution in [2.75, 3.05) is 32.4 Å². The van der Waals surface area contributed by atoms with Gasteiger partial charge in [-0.25, -0.2) is 0 Å². The van der Waals surface area contributed by atoms with Gasteiger partial charge in [-0.15, -0.1) is 0 Å². The Balaban J connectivity index is 1.79. The summed E-state index contributed by atoms with van der Waals surface area (Å²) in [7, 11) is 2.20. The van der Waals surface area contributed by atoms with Gasteiger partial charge >= 0.3 is 0 Å². The van der Waals surface area contributed by atoms with Crippen molar-refractivity contribution in [2.45, 2.75) is 26.3 Å². The lowest BCUT2D eigenvalue weighted by molar-refractivity contribution is 0.397. The maximum absolute atomic E-state index is 4.73. The van der Waals surface area contributed by atoms with Crippen molar-refractivity contribution in [3.63, 3.8) is 0 Å². The zero-order valence-corrected chi connectivity index (χ0v) is 11.4. The Hall–Kier alpha value is -0.220. The van der Waals surface area contributed by atoms with Crippen LogP contribution in [0.25, 0.3) is 0 Å². The van der Waals surface area contributed by atoms with Crippen molar-refractivity contribution in [3.05, 3.63) is 0 Å². The molecule has 0 bridgehead atoms. The van der Waals surface area contributed by atoms with Crippen molar-refractivity contribution in [1.82, 2.24) is 10.2 Å². The third-order valence-electron chi connectivity index (χ3n) is 3.67. The summed E-state index contributed by atoms with van der Waals surface area (Å²) in [4.78, 5) is 7.13. The number of hydrogen-bond donors (Lipinski definition) is 1. The van der Waals surface area contributed by atoms with Gasteiger partial charge in [0.1, 0.15) is 0 Å². The molecule has 2 saturated heterocycles. The topological polar surface area (TPSA) is 27.6 Å². The van der Waals surface area contributed by atoms with Gasteiger partial charge in [0.05, 0.1) is 0 Å². The monoisotopic (exact) mass is 241 g/mol. The average molecular weight is 241 g/mol. The first-order chi connectivity index (χ1) is 7.65. The average Bonchev–Trinajstić information content (AvgIpc) is 2.66. The molecule has 3 nitrogen and oxygen atoms in total. The van der Waals surface area contributed by atoms with E-state index in [1.165, 1.54) is 30.4 Å². The van der Waals surface area contributed by atoms with Crippen LogP contribution < -0.4 is 5.32 Å². The molecule has 92 valence electrons. The Kier molecular flexibility index (Phi) is 4.14. The van der Waals surface area contributed by atoms with Crippen molar-refractivity contribution in [1.29, 1.82) is 0 Å². The zero-order chi connectivity index (χ0) is 11.5. The molecule has 2 heterocycles. The molecule has 2 fully saturated rings. The first kappa shape index (κ1) is 12.2. The first-order valence-corrected chi connectivity index (χ1v) is 7.26. The van der Waals surface area contributed by atoms with Gasteiger partial charge < -0.3 is 10.2 Å². The van der Waals surface area contributed by atoms with Crippen molar-refractivity contribution in [2.24, 2.45) is 16.8 Å². The van der Waals surface area contributed by atoms with E-state index >= 15 is 0 Å². The highest BCUT2D eigenvalue weighted by Gasteiger charge is 2.22. The maximum Gasteiger partial charge on any atom is 0.156 e. The summed E-state index contributed by atoms with van der Waals surface area (Å²) in [5.74, 6) is 2.73. The van der Waals surface area contributed by atoms with Gasteiger partial charge in [-0.05, 0) is 38.8 Å². The quantitative estimate of drug-likeness (QED) is 0.797. The number of thioether (sulfide) groups is 1. The van der Waals surface area contributed by atoms with Gasteiger partial charge in [-0.3, -0.25) is 4.99 Å². The highest BCUT2D eigenvalue weighted by atomic mass is 32.2. The molecule has 0 aliphatic carbocycles. The van der Waals surface area contributed by atoms with Gasteiger partial charge in [0, 0.05) is 24.9 Å². The van der Waals surface area contributed by atoms with Gasteiger partial charge in [0.15, 0.2) is 5.17 Å². The number of amidine groups is 1. The van der Waals surface area contributed by atoms with Gasteiger partial charge in [-0.2, -0.15) is 0 Å². The van der Waals surface area contributed by atoms with Crippen LogP contribution >= 0.6 is 11.8 Å². The number of nitrogens with one attached hydrogen (secondary N) is 1. The number of rotatable bonds is 2. The summed E-state index contributed by atoms with van der Waals surface area (Å²) in [5, 5.41) is 4.67. The Morgan fingerprint density at radius 1 is 1.50 bits per heavy atom. The molecule has 0 saturated carbocycles. The number of hydrogen-bond acceptors (Lipinski definition) is 3. The molecule has 2 aliphatic rings. The standard InChI is InChI=1S/C12H23N3S/c1-9-8-16-12(14-10(9)2)13-6-11-4-5-15(3)7-11/h9-11H,4-8H2,1-3H3,(H,13,14). The van der Waals surface area contributed by atoms with Crippen LogP contribution in [0.5, 0.6) is 0 Å². The number of aliphatic imine (C=N–C) groups is 1. The van der Waals surface area contributed by atoms with Crippen LogP contribution in [0.2, 0.25) is 0 Å². The molecule has 0 aromatic carbocycles. The number of likely N-dealkylation sites (tertiary alicyclic amines) is 1. The van der Waals surface area contributed by atoms with E-state index in [2.05, 4.69) is 31.1 Å². The third-order valence-corrected chi connectivity index (χ3v) is 4.88. The van der Waals surface area contributed by atoms with E-state index in [1.807, 2.05) is 11.8 Å². The van der Waals surface area contributed by atoms with E-state index in [0.29, 0.717) is 6.04 Å². The van der Waals surface area contributed by atoms with E-state index in [4.69, 9.17) is 4.99 Å². The first-order valence-electron chi connectivity index (χ1n) is 6.27. The SMILES string of the molecule is CC1CSC(=NCC2CCN(C)C2)NC1C. The molecular weight excluding hydrogens is 218 g/mol. The van der Waals surface area contributed by atoms with E-state index in [1.54, 1.807) is 0 Å². The molecule has 0 spiro atoms. The van der Waals surface area contributed by atoms with Crippen LogP contribution in [0.1, 0.15) is 20.3 Å². The van der Waals surface area contributed by atoms with Crippen LogP contribution in [0.4, 0.5) is 0 Å². The summed E-state index contributed by atoms with van der Waals surface area (Å²) < 4.78 is 0.